The minimum absolute atomic E-state index is 0.173. The summed E-state index contributed by atoms with van der Waals surface area (Å²) in [5, 5.41) is 6.77. The summed E-state index contributed by atoms with van der Waals surface area (Å²) < 4.78 is 5.14. The number of rotatable bonds is 3. The zero-order valence-electron chi connectivity index (χ0n) is 14.7. The molecule has 1 N–H and O–H groups in total. The van der Waals surface area contributed by atoms with Crippen LogP contribution < -0.4 is 5.32 Å². The lowest BCUT2D eigenvalue weighted by Crippen LogP contribution is -2.41. The molecule has 1 unspecified atom stereocenters. The van der Waals surface area contributed by atoms with E-state index in [9.17, 15) is 9.59 Å². The van der Waals surface area contributed by atoms with Crippen LogP contribution in [0.2, 0.25) is 0 Å². The molecule has 0 spiro atoms. The van der Waals surface area contributed by atoms with E-state index in [4.69, 9.17) is 4.52 Å². The summed E-state index contributed by atoms with van der Waals surface area (Å²) in [4.78, 5) is 26.8. The fourth-order valence-corrected chi connectivity index (χ4v) is 3.80. The monoisotopic (exact) mass is 339 g/mol. The van der Waals surface area contributed by atoms with Gasteiger partial charge in [-0.25, -0.2) is 4.79 Å². The molecule has 1 aliphatic carbocycles. The molecule has 0 saturated carbocycles. The number of imide groups is 1. The van der Waals surface area contributed by atoms with Gasteiger partial charge in [-0.2, -0.15) is 0 Å². The molecule has 1 fully saturated rings. The van der Waals surface area contributed by atoms with Crippen molar-refractivity contribution in [3.05, 3.63) is 51.9 Å². The number of aryl methyl sites for hydroxylation is 4. The first-order valence-electron chi connectivity index (χ1n) is 8.58. The summed E-state index contributed by atoms with van der Waals surface area (Å²) in [6.07, 6.45) is 3.27. The van der Waals surface area contributed by atoms with E-state index in [-0.39, 0.29) is 18.5 Å². The Morgan fingerprint density at radius 1 is 1.24 bits per heavy atom. The SMILES string of the molecule is Cc1noc(C)c1CN1C(=O)NC(C)(c2ccc3c(c2)CCC3)C1=O. The quantitative estimate of drug-likeness (QED) is 0.873. The summed E-state index contributed by atoms with van der Waals surface area (Å²) >= 11 is 0. The first-order valence-corrected chi connectivity index (χ1v) is 8.58. The smallest absolute Gasteiger partial charge is 0.325 e. The Hall–Kier alpha value is -2.63. The number of amides is 3. The van der Waals surface area contributed by atoms with E-state index in [1.165, 1.54) is 16.0 Å². The molecule has 25 heavy (non-hydrogen) atoms. The summed E-state index contributed by atoms with van der Waals surface area (Å²) in [5.74, 6) is 0.389. The molecule has 1 aromatic heterocycles. The van der Waals surface area contributed by atoms with Crippen LogP contribution >= 0.6 is 0 Å². The third-order valence-corrected chi connectivity index (χ3v) is 5.45. The van der Waals surface area contributed by atoms with Crippen molar-refractivity contribution in [2.24, 2.45) is 0 Å². The minimum atomic E-state index is -1.03. The van der Waals surface area contributed by atoms with Crippen LogP contribution in [0, 0.1) is 13.8 Å². The van der Waals surface area contributed by atoms with Crippen LogP contribution in [0.15, 0.2) is 22.7 Å². The Bertz CT molecular complexity index is 867. The molecule has 2 aliphatic rings. The molecule has 2 heterocycles. The molecule has 1 atom stereocenters. The predicted octanol–water partition coefficient (Wildman–Crippen LogP) is 2.75. The van der Waals surface area contributed by atoms with Crippen LogP contribution in [0.1, 0.15) is 47.1 Å². The average molecular weight is 339 g/mol. The van der Waals surface area contributed by atoms with Gasteiger partial charge in [-0.15, -0.1) is 0 Å². The fraction of sp³-hybridized carbons (Fsp3) is 0.421. The Morgan fingerprint density at radius 3 is 2.72 bits per heavy atom. The topological polar surface area (TPSA) is 75.4 Å². The molecule has 4 rings (SSSR count). The third kappa shape index (κ3) is 2.35. The molecule has 2 aromatic rings. The Morgan fingerprint density at radius 2 is 2.00 bits per heavy atom. The van der Waals surface area contributed by atoms with Crippen LogP contribution in [0.4, 0.5) is 4.79 Å². The zero-order valence-corrected chi connectivity index (χ0v) is 14.7. The van der Waals surface area contributed by atoms with Crippen LogP contribution in [-0.2, 0) is 29.7 Å². The van der Waals surface area contributed by atoms with Gasteiger partial charge in [-0.1, -0.05) is 23.4 Å². The molecule has 1 saturated heterocycles. The molecular weight excluding hydrogens is 318 g/mol. The summed E-state index contributed by atoms with van der Waals surface area (Å²) in [6.45, 7) is 5.54. The second kappa shape index (κ2) is 5.44. The lowest BCUT2D eigenvalue weighted by Gasteiger charge is -2.23. The molecule has 0 bridgehead atoms. The highest BCUT2D eigenvalue weighted by Crippen LogP contribution is 2.33. The lowest BCUT2D eigenvalue weighted by molar-refractivity contribution is -0.131. The summed E-state index contributed by atoms with van der Waals surface area (Å²) in [6, 6.07) is 5.73. The number of carbonyl (C=O) groups is 2. The molecule has 6 nitrogen and oxygen atoms in total. The van der Waals surface area contributed by atoms with E-state index in [0.29, 0.717) is 11.5 Å². The average Bonchev–Trinajstić information content (AvgIpc) is 3.23. The molecular formula is C19H21N3O3. The predicted molar refractivity (Wildman–Crippen MR) is 90.9 cm³/mol. The minimum Gasteiger partial charge on any atom is -0.361 e. The Balaban J connectivity index is 1.66. The van der Waals surface area contributed by atoms with E-state index >= 15 is 0 Å². The van der Waals surface area contributed by atoms with Gasteiger partial charge < -0.3 is 9.84 Å². The number of hydrogen-bond donors (Lipinski definition) is 1. The Labute approximate surface area is 146 Å². The molecule has 1 aromatic carbocycles. The molecule has 3 amide bonds. The number of nitrogens with zero attached hydrogens (tertiary/aromatic N) is 2. The summed E-state index contributed by atoms with van der Waals surface area (Å²) in [5.41, 5.74) is 3.91. The lowest BCUT2D eigenvalue weighted by atomic mass is 9.89. The van der Waals surface area contributed by atoms with E-state index in [0.717, 1.165) is 30.4 Å². The molecule has 0 radical (unpaired) electrons. The van der Waals surface area contributed by atoms with Gasteiger partial charge in [-0.05, 0) is 56.7 Å². The van der Waals surface area contributed by atoms with Crippen molar-refractivity contribution < 1.29 is 14.1 Å². The van der Waals surface area contributed by atoms with Gasteiger partial charge in [0.2, 0.25) is 0 Å². The first-order chi connectivity index (χ1) is 11.9. The van der Waals surface area contributed by atoms with Crippen molar-refractivity contribution >= 4 is 11.9 Å². The number of carbonyl (C=O) groups excluding carboxylic acids is 2. The van der Waals surface area contributed by atoms with Gasteiger partial charge in [-0.3, -0.25) is 9.69 Å². The molecule has 130 valence electrons. The van der Waals surface area contributed by atoms with E-state index in [1.54, 1.807) is 13.8 Å². The zero-order chi connectivity index (χ0) is 17.8. The van der Waals surface area contributed by atoms with Crippen LogP contribution in [0.3, 0.4) is 0 Å². The highest BCUT2D eigenvalue weighted by Gasteiger charge is 2.49. The van der Waals surface area contributed by atoms with Gasteiger partial charge >= 0.3 is 6.03 Å². The maximum Gasteiger partial charge on any atom is 0.325 e. The van der Waals surface area contributed by atoms with Gasteiger partial charge in [0.15, 0.2) is 0 Å². The highest BCUT2D eigenvalue weighted by atomic mass is 16.5. The second-order valence-electron chi connectivity index (χ2n) is 7.09. The van der Waals surface area contributed by atoms with E-state index in [1.807, 2.05) is 13.0 Å². The number of hydrogen-bond acceptors (Lipinski definition) is 4. The van der Waals surface area contributed by atoms with Crippen LogP contribution in [0.5, 0.6) is 0 Å². The number of aromatic nitrogens is 1. The first kappa shape index (κ1) is 15.9. The Kier molecular flexibility index (Phi) is 3.45. The second-order valence-corrected chi connectivity index (χ2v) is 7.09. The fourth-order valence-electron chi connectivity index (χ4n) is 3.80. The summed E-state index contributed by atoms with van der Waals surface area (Å²) in [7, 11) is 0. The van der Waals surface area contributed by atoms with Crippen molar-refractivity contribution in [2.45, 2.75) is 52.1 Å². The standard InChI is InChI=1S/C19H21N3O3/c1-11-16(12(2)25-21-11)10-22-17(23)19(3,20-18(22)24)15-8-7-13-5-4-6-14(13)9-15/h7-9H,4-6,10H2,1-3H3,(H,20,24). The molecule has 6 heteroatoms. The van der Waals surface area contributed by atoms with Crippen LogP contribution in [0.25, 0.3) is 0 Å². The maximum absolute atomic E-state index is 13.1. The van der Waals surface area contributed by atoms with Gasteiger partial charge in [0.1, 0.15) is 11.3 Å². The van der Waals surface area contributed by atoms with Crippen molar-refractivity contribution in [3.63, 3.8) is 0 Å². The number of benzene rings is 1. The van der Waals surface area contributed by atoms with Crippen molar-refractivity contribution in [2.75, 3.05) is 0 Å². The molecule has 1 aliphatic heterocycles. The van der Waals surface area contributed by atoms with Crippen molar-refractivity contribution in [1.82, 2.24) is 15.4 Å². The normalized spacial score (nSPS) is 22.4. The number of urea groups is 1. The third-order valence-electron chi connectivity index (χ3n) is 5.45. The van der Waals surface area contributed by atoms with Gasteiger partial charge in [0.05, 0.1) is 12.2 Å². The largest absolute Gasteiger partial charge is 0.361 e. The van der Waals surface area contributed by atoms with Gasteiger partial charge in [0.25, 0.3) is 5.91 Å². The van der Waals surface area contributed by atoms with Crippen molar-refractivity contribution in [3.8, 4) is 0 Å². The van der Waals surface area contributed by atoms with Gasteiger partial charge in [0, 0.05) is 5.56 Å². The maximum atomic E-state index is 13.1. The number of fused-ring (bicyclic) bond motifs is 1. The van der Waals surface area contributed by atoms with Crippen molar-refractivity contribution in [1.29, 1.82) is 0 Å². The van der Waals surface area contributed by atoms with E-state index < -0.39 is 5.54 Å². The van der Waals surface area contributed by atoms with Crippen LogP contribution in [-0.4, -0.2) is 22.0 Å². The number of nitrogens with one attached hydrogen (secondary N) is 1. The highest BCUT2D eigenvalue weighted by molar-refractivity contribution is 6.07. The van der Waals surface area contributed by atoms with E-state index in [2.05, 4.69) is 22.6 Å².